The molecule has 0 aliphatic carbocycles. The Labute approximate surface area is 133 Å². The third kappa shape index (κ3) is 4.69. The molecule has 0 saturated heterocycles. The molecule has 21 heavy (non-hydrogen) atoms. The van der Waals surface area contributed by atoms with Gasteiger partial charge in [-0.15, -0.1) is 0 Å². The Kier molecular flexibility index (Phi) is 5.23. The molecule has 0 radical (unpaired) electrons. The minimum absolute atomic E-state index is 0.224. The van der Waals surface area contributed by atoms with Gasteiger partial charge in [0.1, 0.15) is 0 Å². The van der Waals surface area contributed by atoms with Crippen molar-refractivity contribution in [1.82, 2.24) is 5.32 Å². The molecule has 2 rings (SSSR count). The van der Waals surface area contributed by atoms with E-state index in [0.29, 0.717) is 12.1 Å². The van der Waals surface area contributed by atoms with Crippen LogP contribution >= 0.6 is 11.3 Å². The topological polar surface area (TPSA) is 12.0 Å². The van der Waals surface area contributed by atoms with E-state index in [0.717, 1.165) is 6.42 Å². The summed E-state index contributed by atoms with van der Waals surface area (Å²) in [5, 5.41) is 8.08. The van der Waals surface area contributed by atoms with Crippen LogP contribution in [0.3, 0.4) is 0 Å². The van der Waals surface area contributed by atoms with Gasteiger partial charge in [-0.25, -0.2) is 0 Å². The third-order valence-corrected chi connectivity index (χ3v) is 4.67. The van der Waals surface area contributed by atoms with Gasteiger partial charge in [-0.1, -0.05) is 45.0 Å². The van der Waals surface area contributed by atoms with Gasteiger partial charge in [0.05, 0.1) is 0 Å². The fourth-order valence-corrected chi connectivity index (χ4v) is 3.30. The maximum absolute atomic E-state index is 3.70. The number of thiophene rings is 1. The molecule has 0 bridgehead atoms. The molecule has 0 spiro atoms. The van der Waals surface area contributed by atoms with E-state index in [1.165, 1.54) is 16.7 Å². The molecule has 0 amide bonds. The van der Waals surface area contributed by atoms with Gasteiger partial charge in [-0.05, 0) is 59.2 Å². The summed E-state index contributed by atoms with van der Waals surface area (Å²) < 4.78 is 0. The summed E-state index contributed by atoms with van der Waals surface area (Å²) in [6, 6.07) is 12.1. The van der Waals surface area contributed by atoms with E-state index in [2.05, 4.69) is 81.0 Å². The summed E-state index contributed by atoms with van der Waals surface area (Å²) in [4.78, 5) is 0. The highest BCUT2D eigenvalue weighted by atomic mass is 32.1. The molecule has 2 atom stereocenters. The predicted octanol–water partition coefficient (Wildman–Crippen LogP) is 5.33. The molecular weight excluding hydrogens is 274 g/mol. The lowest BCUT2D eigenvalue weighted by Gasteiger charge is -2.23. The molecular formula is C19H27NS. The molecule has 1 heterocycles. The molecule has 2 aromatic rings. The fraction of sp³-hybridized carbons (Fsp3) is 0.474. The largest absolute Gasteiger partial charge is 0.307 e. The van der Waals surface area contributed by atoms with Crippen molar-refractivity contribution in [3.8, 4) is 0 Å². The van der Waals surface area contributed by atoms with E-state index in [9.17, 15) is 0 Å². The second-order valence-corrected chi connectivity index (χ2v) is 7.78. The second kappa shape index (κ2) is 6.76. The Hall–Kier alpha value is -1.12. The zero-order valence-corrected chi connectivity index (χ0v) is 14.6. The van der Waals surface area contributed by atoms with Crippen molar-refractivity contribution < 1.29 is 0 Å². The highest BCUT2D eigenvalue weighted by Gasteiger charge is 2.15. The van der Waals surface area contributed by atoms with E-state index in [1.807, 2.05) is 0 Å². The number of hydrogen-bond donors (Lipinski definition) is 1. The summed E-state index contributed by atoms with van der Waals surface area (Å²) in [5.41, 5.74) is 4.40. The number of hydrogen-bond acceptors (Lipinski definition) is 2. The lowest BCUT2D eigenvalue weighted by atomic mass is 9.86. The first-order valence-corrected chi connectivity index (χ1v) is 8.68. The normalized spacial score (nSPS) is 14.9. The van der Waals surface area contributed by atoms with Gasteiger partial charge >= 0.3 is 0 Å². The highest BCUT2D eigenvalue weighted by Crippen LogP contribution is 2.24. The van der Waals surface area contributed by atoms with Gasteiger partial charge in [0.15, 0.2) is 0 Å². The first-order valence-electron chi connectivity index (χ1n) is 7.74. The van der Waals surface area contributed by atoms with Gasteiger partial charge in [-0.2, -0.15) is 11.3 Å². The van der Waals surface area contributed by atoms with Crippen molar-refractivity contribution in [2.75, 3.05) is 0 Å². The minimum atomic E-state index is 0.224. The zero-order valence-electron chi connectivity index (χ0n) is 13.8. The van der Waals surface area contributed by atoms with Crippen molar-refractivity contribution in [1.29, 1.82) is 0 Å². The maximum atomic E-state index is 3.70. The average molecular weight is 301 g/mol. The van der Waals surface area contributed by atoms with Gasteiger partial charge in [0.2, 0.25) is 0 Å². The monoisotopic (exact) mass is 301 g/mol. The number of rotatable bonds is 5. The fourth-order valence-electron chi connectivity index (χ4n) is 2.62. The van der Waals surface area contributed by atoms with E-state index < -0.39 is 0 Å². The summed E-state index contributed by atoms with van der Waals surface area (Å²) in [5.74, 6) is 0. The smallest absolute Gasteiger partial charge is 0.0294 e. The number of benzene rings is 1. The van der Waals surface area contributed by atoms with Crippen LogP contribution in [0.25, 0.3) is 0 Å². The van der Waals surface area contributed by atoms with E-state index in [1.54, 1.807) is 11.3 Å². The quantitative estimate of drug-likeness (QED) is 0.787. The first kappa shape index (κ1) is 16.3. The van der Waals surface area contributed by atoms with Crippen LogP contribution in [-0.2, 0) is 11.8 Å². The van der Waals surface area contributed by atoms with E-state index >= 15 is 0 Å². The van der Waals surface area contributed by atoms with Crippen molar-refractivity contribution in [3.05, 3.63) is 57.8 Å². The van der Waals surface area contributed by atoms with Crippen molar-refractivity contribution in [3.63, 3.8) is 0 Å². The Balaban J connectivity index is 1.95. The summed E-state index contributed by atoms with van der Waals surface area (Å²) in [6.45, 7) is 11.3. The molecule has 0 aliphatic rings. The molecule has 0 aliphatic heterocycles. The van der Waals surface area contributed by atoms with Gasteiger partial charge in [-0.3, -0.25) is 0 Å². The van der Waals surface area contributed by atoms with Gasteiger partial charge < -0.3 is 5.32 Å². The van der Waals surface area contributed by atoms with Crippen LogP contribution in [0.4, 0.5) is 0 Å². The van der Waals surface area contributed by atoms with Gasteiger partial charge in [0, 0.05) is 12.1 Å². The second-order valence-electron chi connectivity index (χ2n) is 7.00. The summed E-state index contributed by atoms with van der Waals surface area (Å²) in [6.07, 6.45) is 1.09. The van der Waals surface area contributed by atoms with Crippen molar-refractivity contribution >= 4 is 11.3 Å². The number of nitrogens with one attached hydrogen (secondary N) is 1. The SMILES string of the molecule is CC(Cc1ccsc1)NC(C)c1ccc(C(C)(C)C)cc1. The molecule has 0 saturated carbocycles. The third-order valence-electron chi connectivity index (χ3n) is 3.93. The standard InChI is InChI=1S/C19H27NS/c1-14(12-16-10-11-21-13-16)20-15(2)17-6-8-18(9-7-17)19(3,4)5/h6-11,13-15,20H,12H2,1-5H3. The highest BCUT2D eigenvalue weighted by molar-refractivity contribution is 7.07. The minimum Gasteiger partial charge on any atom is -0.307 e. The summed E-state index contributed by atoms with van der Waals surface area (Å²) >= 11 is 1.77. The Morgan fingerprint density at radius 1 is 1.05 bits per heavy atom. The maximum Gasteiger partial charge on any atom is 0.0294 e. The zero-order chi connectivity index (χ0) is 15.5. The molecule has 2 heteroatoms. The molecule has 1 nitrogen and oxygen atoms in total. The lowest BCUT2D eigenvalue weighted by Crippen LogP contribution is -2.30. The summed E-state index contributed by atoms with van der Waals surface area (Å²) in [7, 11) is 0. The Bertz CT molecular complexity index is 534. The molecule has 1 aromatic heterocycles. The Morgan fingerprint density at radius 3 is 2.24 bits per heavy atom. The first-order chi connectivity index (χ1) is 9.86. The molecule has 114 valence electrons. The average Bonchev–Trinajstić information content (AvgIpc) is 2.90. The molecule has 1 aromatic carbocycles. The molecule has 0 fully saturated rings. The van der Waals surface area contributed by atoms with Crippen molar-refractivity contribution in [2.45, 2.75) is 58.5 Å². The van der Waals surface area contributed by atoms with E-state index in [4.69, 9.17) is 0 Å². The van der Waals surface area contributed by atoms with Crippen LogP contribution in [0.5, 0.6) is 0 Å². The van der Waals surface area contributed by atoms with Crippen molar-refractivity contribution in [2.24, 2.45) is 0 Å². The van der Waals surface area contributed by atoms with Crippen LogP contribution in [0, 0.1) is 0 Å². The van der Waals surface area contributed by atoms with Crippen LogP contribution in [0.15, 0.2) is 41.1 Å². The van der Waals surface area contributed by atoms with Crippen LogP contribution < -0.4 is 5.32 Å². The lowest BCUT2D eigenvalue weighted by molar-refractivity contribution is 0.477. The van der Waals surface area contributed by atoms with Crippen LogP contribution in [0.1, 0.15) is 57.4 Å². The predicted molar refractivity (Wildman–Crippen MR) is 94.2 cm³/mol. The van der Waals surface area contributed by atoms with Gasteiger partial charge in [0.25, 0.3) is 0 Å². The molecule has 1 N–H and O–H groups in total. The van der Waals surface area contributed by atoms with Crippen LogP contribution in [0.2, 0.25) is 0 Å². The van der Waals surface area contributed by atoms with Crippen LogP contribution in [-0.4, -0.2) is 6.04 Å². The van der Waals surface area contributed by atoms with E-state index in [-0.39, 0.29) is 5.41 Å². The Morgan fingerprint density at radius 2 is 1.71 bits per heavy atom. The molecule has 2 unspecified atom stereocenters.